The topological polar surface area (TPSA) is 67.4 Å². The Hall–Kier alpha value is -1.72. The molecule has 0 aliphatic carbocycles. The van der Waals surface area contributed by atoms with Gasteiger partial charge in [0, 0.05) is 10.7 Å². The van der Waals surface area contributed by atoms with Gasteiger partial charge in [-0.3, -0.25) is 0 Å². The van der Waals surface area contributed by atoms with E-state index >= 15 is 0 Å². The highest BCUT2D eigenvalue weighted by atomic mass is 35.5. The maximum atomic E-state index is 12.0. The van der Waals surface area contributed by atoms with E-state index in [-0.39, 0.29) is 11.5 Å². The Morgan fingerprint density at radius 2 is 2.10 bits per heavy atom. The van der Waals surface area contributed by atoms with Gasteiger partial charge < -0.3 is 15.4 Å². The summed E-state index contributed by atoms with van der Waals surface area (Å²) in [6.45, 7) is 0. The Balaban J connectivity index is 2.56. The van der Waals surface area contributed by atoms with Crippen LogP contribution in [0.25, 0.3) is 0 Å². The minimum atomic E-state index is -0.696. The fourth-order valence-electron chi connectivity index (χ4n) is 2.02. The number of amides is 2. The highest BCUT2D eigenvalue weighted by Gasteiger charge is 2.33. The van der Waals surface area contributed by atoms with E-state index in [0.717, 1.165) is 0 Å². The van der Waals surface area contributed by atoms with Gasteiger partial charge in [0.2, 0.25) is 0 Å². The molecule has 1 heterocycles. The highest BCUT2D eigenvalue weighted by Crippen LogP contribution is 2.32. The van der Waals surface area contributed by atoms with E-state index in [1.54, 1.807) is 24.3 Å². The lowest BCUT2D eigenvalue weighted by Gasteiger charge is -2.28. The molecule has 2 N–H and O–H groups in total. The summed E-state index contributed by atoms with van der Waals surface area (Å²) in [7, 11) is 1.27. The van der Waals surface area contributed by atoms with E-state index in [4.69, 9.17) is 27.9 Å². The quantitative estimate of drug-likeness (QED) is 0.665. The standard InChI is InChI=1S/C13H12Cl2N2O3/c1-20-12(18)10-9(6-14)16-13(19)17-11(10)7-4-2-3-5-8(7)15/h2-5,11H,6H2,1H3,(H2,16,17,19). The van der Waals surface area contributed by atoms with Gasteiger partial charge in [0.1, 0.15) is 0 Å². The minimum absolute atomic E-state index is 0.0151. The summed E-state index contributed by atoms with van der Waals surface area (Å²) in [4.78, 5) is 23.6. The van der Waals surface area contributed by atoms with Crippen molar-refractivity contribution < 1.29 is 14.3 Å². The van der Waals surface area contributed by atoms with Gasteiger partial charge in [-0.1, -0.05) is 29.8 Å². The second-order valence-corrected chi connectivity index (χ2v) is 4.74. The van der Waals surface area contributed by atoms with Gasteiger partial charge in [0.05, 0.1) is 24.6 Å². The molecular formula is C13H12Cl2N2O3. The molecule has 20 heavy (non-hydrogen) atoms. The average molecular weight is 315 g/mol. The van der Waals surface area contributed by atoms with Gasteiger partial charge >= 0.3 is 12.0 Å². The summed E-state index contributed by atoms with van der Waals surface area (Å²) in [5, 5.41) is 5.60. The van der Waals surface area contributed by atoms with Crippen LogP contribution in [0.2, 0.25) is 5.02 Å². The molecule has 0 spiro atoms. The van der Waals surface area contributed by atoms with Crippen molar-refractivity contribution in [2.24, 2.45) is 0 Å². The van der Waals surface area contributed by atoms with Crippen molar-refractivity contribution >= 4 is 35.2 Å². The van der Waals surface area contributed by atoms with E-state index in [9.17, 15) is 9.59 Å². The van der Waals surface area contributed by atoms with Crippen LogP contribution in [-0.4, -0.2) is 25.0 Å². The largest absolute Gasteiger partial charge is 0.466 e. The molecule has 0 saturated heterocycles. The number of halogens is 2. The van der Waals surface area contributed by atoms with Gasteiger partial charge in [-0.05, 0) is 11.6 Å². The first-order valence-electron chi connectivity index (χ1n) is 5.77. The Kier molecular flexibility index (Phi) is 4.52. The van der Waals surface area contributed by atoms with Crippen LogP contribution in [-0.2, 0) is 9.53 Å². The third-order valence-corrected chi connectivity index (χ3v) is 3.52. The first-order valence-corrected chi connectivity index (χ1v) is 6.69. The van der Waals surface area contributed by atoms with Crippen molar-refractivity contribution in [1.29, 1.82) is 0 Å². The molecule has 0 radical (unpaired) electrons. The number of carbonyl (C=O) groups is 2. The number of nitrogens with one attached hydrogen (secondary N) is 2. The number of alkyl halides is 1. The normalized spacial score (nSPS) is 18.4. The molecular weight excluding hydrogens is 303 g/mol. The van der Waals surface area contributed by atoms with Gasteiger partial charge in [0.25, 0.3) is 0 Å². The Morgan fingerprint density at radius 3 is 2.70 bits per heavy atom. The number of hydrogen-bond acceptors (Lipinski definition) is 3. The number of rotatable bonds is 3. The summed E-state index contributed by atoms with van der Waals surface area (Å²) < 4.78 is 4.76. The number of carbonyl (C=O) groups excluding carboxylic acids is 2. The molecule has 1 unspecified atom stereocenters. The summed E-state index contributed by atoms with van der Waals surface area (Å²) in [5.41, 5.74) is 1.16. The van der Waals surface area contributed by atoms with Crippen molar-refractivity contribution in [2.45, 2.75) is 6.04 Å². The Bertz CT molecular complexity index is 587. The summed E-state index contributed by atoms with van der Waals surface area (Å²) in [5.74, 6) is -0.586. The molecule has 0 fully saturated rings. The van der Waals surface area contributed by atoms with E-state index in [0.29, 0.717) is 16.3 Å². The van der Waals surface area contributed by atoms with Crippen LogP contribution in [0.5, 0.6) is 0 Å². The molecule has 5 nitrogen and oxygen atoms in total. The molecule has 2 amide bonds. The first-order chi connectivity index (χ1) is 9.58. The number of esters is 1. The van der Waals surface area contributed by atoms with Gasteiger partial charge in [0.15, 0.2) is 0 Å². The molecule has 0 aromatic heterocycles. The lowest BCUT2D eigenvalue weighted by molar-refractivity contribution is -0.136. The van der Waals surface area contributed by atoms with E-state index in [2.05, 4.69) is 10.6 Å². The fraction of sp³-hybridized carbons (Fsp3) is 0.231. The van der Waals surface area contributed by atoms with Crippen molar-refractivity contribution in [3.05, 3.63) is 46.1 Å². The SMILES string of the molecule is COC(=O)C1=C(CCl)NC(=O)NC1c1ccccc1Cl. The van der Waals surface area contributed by atoms with Crippen molar-refractivity contribution in [3.63, 3.8) is 0 Å². The number of hydrogen-bond donors (Lipinski definition) is 2. The lowest BCUT2D eigenvalue weighted by atomic mass is 9.95. The Labute approximate surface area is 125 Å². The molecule has 7 heteroatoms. The zero-order valence-electron chi connectivity index (χ0n) is 10.6. The predicted molar refractivity (Wildman–Crippen MR) is 75.6 cm³/mol. The number of allylic oxidation sites excluding steroid dienone is 1. The maximum absolute atomic E-state index is 12.0. The zero-order valence-corrected chi connectivity index (χ0v) is 12.1. The highest BCUT2D eigenvalue weighted by molar-refractivity contribution is 6.31. The molecule has 1 aromatic carbocycles. The van der Waals surface area contributed by atoms with Crippen LogP contribution in [0.1, 0.15) is 11.6 Å². The number of urea groups is 1. The maximum Gasteiger partial charge on any atom is 0.338 e. The van der Waals surface area contributed by atoms with Crippen molar-refractivity contribution in [3.8, 4) is 0 Å². The predicted octanol–water partition coefficient (Wildman–Crippen LogP) is 2.36. The molecule has 1 aliphatic rings. The third kappa shape index (κ3) is 2.73. The molecule has 0 saturated carbocycles. The van der Waals surface area contributed by atoms with Crippen molar-refractivity contribution in [1.82, 2.24) is 10.6 Å². The second kappa shape index (κ2) is 6.15. The molecule has 2 rings (SSSR count). The van der Waals surface area contributed by atoms with E-state index in [1.807, 2.05) is 0 Å². The summed E-state index contributed by atoms with van der Waals surface area (Å²) in [6, 6.07) is 5.80. The van der Waals surface area contributed by atoms with Gasteiger partial charge in [-0.25, -0.2) is 9.59 Å². The van der Waals surface area contributed by atoms with Crippen LogP contribution in [0.4, 0.5) is 4.79 Å². The zero-order chi connectivity index (χ0) is 14.7. The lowest BCUT2D eigenvalue weighted by Crippen LogP contribution is -2.46. The van der Waals surface area contributed by atoms with Crippen LogP contribution in [0, 0.1) is 0 Å². The van der Waals surface area contributed by atoms with Gasteiger partial charge in [-0.15, -0.1) is 11.6 Å². The second-order valence-electron chi connectivity index (χ2n) is 4.07. The van der Waals surface area contributed by atoms with Crippen LogP contribution >= 0.6 is 23.2 Å². The minimum Gasteiger partial charge on any atom is -0.466 e. The third-order valence-electron chi connectivity index (χ3n) is 2.91. The van der Waals surface area contributed by atoms with Crippen LogP contribution in [0.15, 0.2) is 35.5 Å². The molecule has 1 atom stereocenters. The van der Waals surface area contributed by atoms with Crippen LogP contribution in [0.3, 0.4) is 0 Å². The smallest absolute Gasteiger partial charge is 0.338 e. The monoisotopic (exact) mass is 314 g/mol. The van der Waals surface area contributed by atoms with Crippen LogP contribution < -0.4 is 10.6 Å². The molecule has 1 aromatic rings. The fourth-order valence-corrected chi connectivity index (χ4v) is 2.47. The first kappa shape index (κ1) is 14.7. The summed E-state index contributed by atoms with van der Waals surface area (Å²) in [6.07, 6.45) is 0. The van der Waals surface area contributed by atoms with E-state index < -0.39 is 18.0 Å². The number of benzene rings is 1. The average Bonchev–Trinajstić information content (AvgIpc) is 2.46. The number of ether oxygens (including phenoxy) is 1. The van der Waals surface area contributed by atoms with Gasteiger partial charge in [-0.2, -0.15) is 0 Å². The molecule has 1 aliphatic heterocycles. The van der Waals surface area contributed by atoms with Crippen molar-refractivity contribution in [2.75, 3.05) is 13.0 Å². The Morgan fingerprint density at radius 1 is 1.40 bits per heavy atom. The van der Waals surface area contributed by atoms with E-state index in [1.165, 1.54) is 7.11 Å². The molecule has 0 bridgehead atoms. The summed E-state index contributed by atoms with van der Waals surface area (Å²) >= 11 is 11.9. The molecule has 106 valence electrons. The number of methoxy groups -OCH3 is 1.